The van der Waals surface area contributed by atoms with E-state index in [4.69, 9.17) is 14.2 Å². The number of nitrogens with zero attached hydrogens (tertiary/aromatic N) is 4. The minimum Gasteiger partial charge on any atom is -0.394 e. The second-order valence-corrected chi connectivity index (χ2v) is 8.75. The average Bonchev–Trinajstić information content (AvgIpc) is 3.43. The van der Waals surface area contributed by atoms with E-state index in [9.17, 15) is 18.3 Å². The molecule has 2 aromatic heterocycles. The number of hydrogen-bond donors (Lipinski definition) is 2. The number of halogens is 3. The molecule has 5 rings (SSSR count). The van der Waals surface area contributed by atoms with Gasteiger partial charge in [0.25, 0.3) is 0 Å². The first-order valence-electron chi connectivity index (χ1n) is 10.3. The molecule has 31 heavy (non-hydrogen) atoms. The van der Waals surface area contributed by atoms with Crippen molar-refractivity contribution in [2.45, 2.75) is 75.7 Å². The van der Waals surface area contributed by atoms with E-state index >= 15 is 0 Å². The molecule has 3 fully saturated rings. The van der Waals surface area contributed by atoms with Crippen molar-refractivity contribution >= 4 is 17.0 Å². The molecular formula is C19H24F3N5O4. The SMILES string of the molecule is CC1(C)O[C@@H]2[C@H](O1)[C@@H](CO)O[C@H]2n1cnc2c(NC3CCC(C(F)(F)F)C3)ncnc21. The third kappa shape index (κ3) is 3.65. The van der Waals surface area contributed by atoms with Gasteiger partial charge in [0.1, 0.15) is 24.6 Å². The molecule has 0 spiro atoms. The molecule has 0 aromatic carbocycles. The maximum Gasteiger partial charge on any atom is 0.391 e. The fourth-order valence-corrected chi connectivity index (χ4v) is 4.78. The van der Waals surface area contributed by atoms with Crippen LogP contribution in [0.1, 0.15) is 39.3 Å². The zero-order valence-electron chi connectivity index (χ0n) is 17.0. The first kappa shape index (κ1) is 20.9. The van der Waals surface area contributed by atoms with Gasteiger partial charge >= 0.3 is 6.18 Å². The van der Waals surface area contributed by atoms with Gasteiger partial charge in [-0.3, -0.25) is 4.57 Å². The molecule has 9 nitrogen and oxygen atoms in total. The summed E-state index contributed by atoms with van der Waals surface area (Å²) in [5.41, 5.74) is 0.891. The number of anilines is 1. The Hall–Kier alpha value is -2.02. The average molecular weight is 443 g/mol. The summed E-state index contributed by atoms with van der Waals surface area (Å²) in [6.45, 7) is 3.36. The van der Waals surface area contributed by atoms with E-state index in [1.807, 2.05) is 0 Å². The lowest BCUT2D eigenvalue weighted by atomic mass is 10.1. The molecule has 170 valence electrons. The van der Waals surface area contributed by atoms with E-state index in [1.165, 1.54) is 12.7 Å². The lowest BCUT2D eigenvalue weighted by Gasteiger charge is -2.24. The number of alkyl halides is 3. The number of aromatic nitrogens is 4. The Morgan fingerprint density at radius 1 is 1.19 bits per heavy atom. The molecule has 3 aliphatic rings. The summed E-state index contributed by atoms with van der Waals surface area (Å²) < 4.78 is 58.5. The second-order valence-electron chi connectivity index (χ2n) is 8.75. The Balaban J connectivity index is 1.40. The van der Waals surface area contributed by atoms with Crippen LogP contribution in [0.3, 0.4) is 0 Å². The number of aliphatic hydroxyl groups is 1. The highest BCUT2D eigenvalue weighted by molar-refractivity contribution is 5.82. The van der Waals surface area contributed by atoms with Crippen molar-refractivity contribution < 1.29 is 32.5 Å². The highest BCUT2D eigenvalue weighted by Crippen LogP contribution is 2.44. The van der Waals surface area contributed by atoms with Gasteiger partial charge < -0.3 is 24.6 Å². The van der Waals surface area contributed by atoms with Crippen LogP contribution in [-0.4, -0.2) is 67.5 Å². The summed E-state index contributed by atoms with van der Waals surface area (Å²) in [5, 5.41) is 12.8. The number of ether oxygens (including phenoxy) is 3. The zero-order chi connectivity index (χ0) is 22.0. The summed E-state index contributed by atoms with van der Waals surface area (Å²) >= 11 is 0. The van der Waals surface area contributed by atoms with Crippen LogP contribution in [0.2, 0.25) is 0 Å². The van der Waals surface area contributed by atoms with E-state index in [0.29, 0.717) is 23.4 Å². The number of fused-ring (bicyclic) bond motifs is 2. The van der Waals surface area contributed by atoms with E-state index in [-0.39, 0.29) is 25.5 Å². The van der Waals surface area contributed by atoms with E-state index in [0.717, 1.165) is 0 Å². The molecule has 2 N–H and O–H groups in total. The number of rotatable bonds is 4. The van der Waals surface area contributed by atoms with Gasteiger partial charge in [0, 0.05) is 6.04 Å². The maximum absolute atomic E-state index is 13.0. The van der Waals surface area contributed by atoms with Crippen LogP contribution in [0.4, 0.5) is 19.0 Å². The largest absolute Gasteiger partial charge is 0.394 e. The molecule has 2 aliphatic heterocycles. The summed E-state index contributed by atoms with van der Waals surface area (Å²) in [5.74, 6) is -1.74. The molecule has 0 radical (unpaired) electrons. The Labute approximate surface area is 175 Å². The minimum atomic E-state index is -4.18. The Morgan fingerprint density at radius 2 is 1.97 bits per heavy atom. The predicted octanol–water partition coefficient (Wildman–Crippen LogP) is 2.38. The number of aliphatic hydroxyl groups excluding tert-OH is 1. The van der Waals surface area contributed by atoms with Crippen molar-refractivity contribution in [3.63, 3.8) is 0 Å². The van der Waals surface area contributed by atoms with Gasteiger partial charge in [0.15, 0.2) is 29.0 Å². The van der Waals surface area contributed by atoms with E-state index in [2.05, 4.69) is 20.3 Å². The minimum absolute atomic E-state index is 0.00361. The highest BCUT2D eigenvalue weighted by Gasteiger charge is 2.56. The molecule has 12 heteroatoms. The van der Waals surface area contributed by atoms with Crippen LogP contribution in [0.25, 0.3) is 11.2 Å². The topological polar surface area (TPSA) is 104 Å². The third-order valence-electron chi connectivity index (χ3n) is 6.17. The van der Waals surface area contributed by atoms with E-state index in [1.54, 1.807) is 18.4 Å². The van der Waals surface area contributed by atoms with Gasteiger partial charge in [-0.2, -0.15) is 13.2 Å². The van der Waals surface area contributed by atoms with Gasteiger partial charge in [0.05, 0.1) is 18.9 Å². The van der Waals surface area contributed by atoms with Crippen molar-refractivity contribution in [3.05, 3.63) is 12.7 Å². The van der Waals surface area contributed by atoms with Gasteiger partial charge in [-0.15, -0.1) is 0 Å². The summed E-state index contributed by atoms with van der Waals surface area (Å²) in [4.78, 5) is 12.9. The molecule has 4 heterocycles. The van der Waals surface area contributed by atoms with Crippen LogP contribution in [0.5, 0.6) is 0 Å². The molecule has 2 saturated heterocycles. The normalized spacial score (nSPS) is 35.0. The maximum atomic E-state index is 13.0. The molecule has 1 aliphatic carbocycles. The fraction of sp³-hybridized carbons (Fsp3) is 0.737. The van der Waals surface area contributed by atoms with Gasteiger partial charge in [-0.1, -0.05) is 0 Å². The van der Waals surface area contributed by atoms with Crippen molar-refractivity contribution in [2.75, 3.05) is 11.9 Å². The van der Waals surface area contributed by atoms with Gasteiger partial charge in [-0.05, 0) is 33.1 Å². The fourth-order valence-electron chi connectivity index (χ4n) is 4.78. The first-order valence-corrected chi connectivity index (χ1v) is 10.3. The molecular weight excluding hydrogens is 419 g/mol. The number of hydrogen-bond acceptors (Lipinski definition) is 8. The predicted molar refractivity (Wildman–Crippen MR) is 101 cm³/mol. The molecule has 1 saturated carbocycles. The molecule has 0 bridgehead atoms. The third-order valence-corrected chi connectivity index (χ3v) is 6.17. The summed E-state index contributed by atoms with van der Waals surface area (Å²) in [6.07, 6.45) is -2.91. The van der Waals surface area contributed by atoms with Crippen molar-refractivity contribution in [3.8, 4) is 0 Å². The summed E-state index contributed by atoms with van der Waals surface area (Å²) in [6, 6.07) is -0.340. The zero-order valence-corrected chi connectivity index (χ0v) is 17.0. The lowest BCUT2D eigenvalue weighted by molar-refractivity contribution is -0.199. The smallest absolute Gasteiger partial charge is 0.391 e. The number of nitrogens with one attached hydrogen (secondary N) is 1. The van der Waals surface area contributed by atoms with Crippen LogP contribution >= 0.6 is 0 Å². The van der Waals surface area contributed by atoms with Crippen LogP contribution in [0.15, 0.2) is 12.7 Å². The monoisotopic (exact) mass is 443 g/mol. The Bertz CT molecular complexity index is 968. The quantitative estimate of drug-likeness (QED) is 0.743. The van der Waals surface area contributed by atoms with Crippen molar-refractivity contribution in [2.24, 2.45) is 5.92 Å². The molecule has 0 amide bonds. The van der Waals surface area contributed by atoms with E-state index < -0.39 is 42.4 Å². The van der Waals surface area contributed by atoms with Gasteiger partial charge in [0.2, 0.25) is 0 Å². The Kier molecular flexibility index (Phi) is 4.88. The summed E-state index contributed by atoms with van der Waals surface area (Å²) in [7, 11) is 0. The highest BCUT2D eigenvalue weighted by atomic mass is 19.4. The molecule has 2 aromatic rings. The van der Waals surface area contributed by atoms with Crippen LogP contribution < -0.4 is 5.32 Å². The van der Waals surface area contributed by atoms with Crippen LogP contribution in [0, 0.1) is 5.92 Å². The Morgan fingerprint density at radius 3 is 2.68 bits per heavy atom. The molecule has 6 atom stereocenters. The second kappa shape index (κ2) is 7.26. The standard InChI is InChI=1S/C19H24F3N5O4/c1-18(2)30-13-11(6-28)29-17(14(13)31-18)27-8-25-12-15(23-7-24-16(12)27)26-10-4-3-9(5-10)19(20,21)22/h7-11,13-14,17,28H,3-6H2,1-2H3,(H,23,24,26)/t9?,10?,11-,13-,14-,17-/m1/s1. The number of imidazole rings is 1. The van der Waals surface area contributed by atoms with Crippen LogP contribution in [-0.2, 0) is 14.2 Å². The first-order chi connectivity index (χ1) is 14.7. The van der Waals surface area contributed by atoms with Gasteiger partial charge in [-0.25, -0.2) is 15.0 Å². The van der Waals surface area contributed by atoms with Crippen molar-refractivity contribution in [1.82, 2.24) is 19.5 Å². The van der Waals surface area contributed by atoms with Crippen molar-refractivity contribution in [1.29, 1.82) is 0 Å². The molecule has 2 unspecified atom stereocenters. The lowest BCUT2D eigenvalue weighted by Crippen LogP contribution is -2.31.